The Morgan fingerprint density at radius 2 is 1.11 bits per heavy atom. The van der Waals surface area contributed by atoms with Gasteiger partial charge in [-0.2, -0.15) is 0 Å². The van der Waals surface area contributed by atoms with Crippen LogP contribution in [0.15, 0.2) is 104 Å². The first-order valence-electron chi connectivity index (χ1n) is 9.49. The Hall–Kier alpha value is -3.33. The van der Waals surface area contributed by atoms with Crippen LogP contribution >= 0.6 is 0 Å². The molecule has 3 heterocycles. The van der Waals surface area contributed by atoms with Crippen molar-refractivity contribution in [2.45, 2.75) is 26.7 Å². The summed E-state index contributed by atoms with van der Waals surface area (Å²) in [7, 11) is 0. The lowest BCUT2D eigenvalue weighted by atomic mass is 10.1. The highest BCUT2D eigenvalue weighted by molar-refractivity contribution is 5.21. The standard InChI is InChI=1S/C12H11N.C7H9N.C6H7N/c1-2-6-11(7-3-1)10-12-8-4-5-9-13-12;1-2-7-5-3-4-6-8-7;1-6-4-2-3-5-7-6/h1-9H,10H2;3-6H,2H2,1H3;2-5H,1H3. The van der Waals surface area contributed by atoms with E-state index in [0.717, 1.165) is 29.9 Å². The highest BCUT2D eigenvalue weighted by atomic mass is 14.7. The van der Waals surface area contributed by atoms with Crippen molar-refractivity contribution in [3.05, 3.63) is 126 Å². The third-order valence-corrected chi connectivity index (χ3v) is 3.86. The van der Waals surface area contributed by atoms with Crippen molar-refractivity contribution in [1.29, 1.82) is 0 Å². The van der Waals surface area contributed by atoms with Gasteiger partial charge in [0.25, 0.3) is 0 Å². The Bertz CT molecular complexity index is 827. The molecule has 0 unspecified atom stereocenters. The van der Waals surface area contributed by atoms with Crippen LogP contribution in [0.1, 0.15) is 29.6 Å². The van der Waals surface area contributed by atoms with E-state index in [0.29, 0.717) is 0 Å². The molecule has 4 aromatic rings. The molecule has 0 spiro atoms. The Kier molecular flexibility index (Phi) is 9.69. The van der Waals surface area contributed by atoms with Crippen molar-refractivity contribution < 1.29 is 0 Å². The van der Waals surface area contributed by atoms with Gasteiger partial charge < -0.3 is 0 Å². The maximum Gasteiger partial charge on any atom is 0.0447 e. The van der Waals surface area contributed by atoms with Crippen molar-refractivity contribution in [2.24, 2.45) is 0 Å². The summed E-state index contributed by atoms with van der Waals surface area (Å²) >= 11 is 0. The second-order valence-corrected chi connectivity index (χ2v) is 6.13. The Labute approximate surface area is 168 Å². The van der Waals surface area contributed by atoms with Gasteiger partial charge in [0.1, 0.15) is 0 Å². The molecular formula is C25H27N3. The zero-order valence-corrected chi connectivity index (χ0v) is 16.6. The monoisotopic (exact) mass is 369 g/mol. The molecule has 0 aliphatic rings. The molecule has 0 aliphatic heterocycles. The Balaban J connectivity index is 0.000000161. The number of nitrogens with zero attached hydrogens (tertiary/aromatic N) is 3. The lowest BCUT2D eigenvalue weighted by Crippen LogP contribution is -1.89. The summed E-state index contributed by atoms with van der Waals surface area (Å²) in [5.41, 5.74) is 4.66. The summed E-state index contributed by atoms with van der Waals surface area (Å²) in [6, 6.07) is 28.2. The first-order valence-corrected chi connectivity index (χ1v) is 9.49. The zero-order valence-electron chi connectivity index (χ0n) is 16.6. The van der Waals surface area contributed by atoms with Gasteiger partial charge in [-0.25, -0.2) is 0 Å². The largest absolute Gasteiger partial charge is 0.262 e. The fraction of sp³-hybridized carbons (Fsp3) is 0.160. The SMILES string of the molecule is CCc1ccccn1.Cc1ccccn1.c1ccc(Cc2ccccn2)cc1. The molecule has 0 fully saturated rings. The third-order valence-electron chi connectivity index (χ3n) is 3.86. The normalized spacial score (nSPS) is 9.36. The van der Waals surface area contributed by atoms with Crippen LogP contribution in [0.4, 0.5) is 0 Å². The predicted octanol–water partition coefficient (Wildman–Crippen LogP) is 5.71. The molecule has 1 aromatic carbocycles. The minimum Gasteiger partial charge on any atom is -0.262 e. The summed E-state index contributed by atoms with van der Waals surface area (Å²) in [5, 5.41) is 0. The van der Waals surface area contributed by atoms with Crippen molar-refractivity contribution >= 4 is 0 Å². The summed E-state index contributed by atoms with van der Waals surface area (Å²) in [6.07, 6.45) is 7.38. The van der Waals surface area contributed by atoms with Gasteiger partial charge in [0.15, 0.2) is 0 Å². The minimum atomic E-state index is 0.918. The molecule has 0 radical (unpaired) electrons. The average molecular weight is 370 g/mol. The maximum absolute atomic E-state index is 4.27. The van der Waals surface area contributed by atoms with Crippen LogP contribution in [0.2, 0.25) is 0 Å². The third kappa shape index (κ3) is 8.86. The Morgan fingerprint density at radius 3 is 1.50 bits per heavy atom. The molecule has 0 saturated heterocycles. The molecule has 0 atom stereocenters. The van der Waals surface area contributed by atoms with Crippen LogP contribution in [0.25, 0.3) is 0 Å². The average Bonchev–Trinajstić information content (AvgIpc) is 2.77. The first kappa shape index (κ1) is 21.0. The lowest BCUT2D eigenvalue weighted by Gasteiger charge is -1.99. The molecule has 0 bridgehead atoms. The number of hydrogen-bond acceptors (Lipinski definition) is 3. The van der Waals surface area contributed by atoms with Crippen molar-refractivity contribution in [1.82, 2.24) is 15.0 Å². The van der Waals surface area contributed by atoms with Crippen LogP contribution in [-0.4, -0.2) is 15.0 Å². The van der Waals surface area contributed by atoms with Crippen LogP contribution in [0, 0.1) is 6.92 Å². The summed E-state index contributed by atoms with van der Waals surface area (Å²) in [5.74, 6) is 0. The van der Waals surface area contributed by atoms with E-state index < -0.39 is 0 Å². The van der Waals surface area contributed by atoms with Gasteiger partial charge in [0.2, 0.25) is 0 Å². The van der Waals surface area contributed by atoms with Crippen molar-refractivity contribution in [3.8, 4) is 0 Å². The maximum atomic E-state index is 4.27. The van der Waals surface area contributed by atoms with Gasteiger partial charge in [-0.05, 0) is 55.3 Å². The number of benzene rings is 1. The molecule has 142 valence electrons. The van der Waals surface area contributed by atoms with E-state index in [2.05, 4.69) is 46.1 Å². The second-order valence-electron chi connectivity index (χ2n) is 6.13. The molecule has 3 aromatic heterocycles. The van der Waals surface area contributed by atoms with Gasteiger partial charge in [-0.1, -0.05) is 55.5 Å². The van der Waals surface area contributed by atoms with E-state index in [-0.39, 0.29) is 0 Å². The molecule has 0 amide bonds. The second kappa shape index (κ2) is 12.9. The minimum absolute atomic E-state index is 0.918. The van der Waals surface area contributed by atoms with Crippen LogP contribution in [0.3, 0.4) is 0 Å². The smallest absolute Gasteiger partial charge is 0.0447 e. The zero-order chi connectivity index (χ0) is 19.9. The highest BCUT2D eigenvalue weighted by Crippen LogP contribution is 2.05. The topological polar surface area (TPSA) is 38.7 Å². The van der Waals surface area contributed by atoms with Crippen molar-refractivity contribution in [2.75, 3.05) is 0 Å². The number of aryl methyl sites for hydroxylation is 2. The summed E-state index contributed by atoms with van der Waals surface area (Å²) in [4.78, 5) is 12.4. The number of aromatic nitrogens is 3. The van der Waals surface area contributed by atoms with Crippen molar-refractivity contribution in [3.63, 3.8) is 0 Å². The van der Waals surface area contributed by atoms with Crippen LogP contribution in [-0.2, 0) is 12.8 Å². The van der Waals surface area contributed by atoms with E-state index in [1.807, 2.05) is 80.0 Å². The lowest BCUT2D eigenvalue weighted by molar-refractivity contribution is 1.04. The fourth-order valence-electron chi connectivity index (χ4n) is 2.36. The first-order chi connectivity index (χ1) is 13.8. The molecular weight excluding hydrogens is 342 g/mol. The van der Waals surface area contributed by atoms with Gasteiger partial charge in [-0.15, -0.1) is 0 Å². The van der Waals surface area contributed by atoms with E-state index >= 15 is 0 Å². The van der Waals surface area contributed by atoms with Gasteiger partial charge in [0, 0.05) is 42.1 Å². The van der Waals surface area contributed by atoms with E-state index in [1.165, 1.54) is 5.56 Å². The summed E-state index contributed by atoms with van der Waals surface area (Å²) in [6.45, 7) is 4.07. The Morgan fingerprint density at radius 1 is 0.571 bits per heavy atom. The van der Waals surface area contributed by atoms with Crippen LogP contribution < -0.4 is 0 Å². The number of hydrogen-bond donors (Lipinski definition) is 0. The molecule has 0 aliphatic carbocycles. The predicted molar refractivity (Wildman–Crippen MR) is 116 cm³/mol. The van der Waals surface area contributed by atoms with Gasteiger partial charge in [-0.3, -0.25) is 15.0 Å². The van der Waals surface area contributed by atoms with E-state index in [1.54, 1.807) is 6.20 Å². The molecule has 3 heteroatoms. The molecule has 0 saturated carbocycles. The molecule has 0 N–H and O–H groups in total. The number of rotatable bonds is 3. The van der Waals surface area contributed by atoms with Gasteiger partial charge in [0.05, 0.1) is 0 Å². The summed E-state index contributed by atoms with van der Waals surface area (Å²) < 4.78 is 0. The van der Waals surface area contributed by atoms with E-state index in [4.69, 9.17) is 0 Å². The molecule has 4 rings (SSSR count). The number of pyridine rings is 3. The van der Waals surface area contributed by atoms with E-state index in [9.17, 15) is 0 Å². The molecule has 28 heavy (non-hydrogen) atoms. The fourth-order valence-corrected chi connectivity index (χ4v) is 2.36. The quantitative estimate of drug-likeness (QED) is 0.464. The van der Waals surface area contributed by atoms with Crippen LogP contribution in [0.5, 0.6) is 0 Å². The molecule has 3 nitrogen and oxygen atoms in total. The van der Waals surface area contributed by atoms with Gasteiger partial charge >= 0.3 is 0 Å². The highest BCUT2D eigenvalue weighted by Gasteiger charge is 1.94.